The summed E-state index contributed by atoms with van der Waals surface area (Å²) in [5.41, 5.74) is 2.11. The number of aliphatic hydroxyl groups is 2. The molecule has 0 unspecified atom stereocenters. The molecule has 0 aliphatic carbocycles. The van der Waals surface area contributed by atoms with Gasteiger partial charge in [0.25, 0.3) is 5.97 Å². The van der Waals surface area contributed by atoms with E-state index < -0.39 is 22.1 Å². The number of nitrogens with zero attached hydrogens (tertiary/aromatic N) is 1. The summed E-state index contributed by atoms with van der Waals surface area (Å²) in [6.07, 6.45) is 6.27. The molecule has 0 fully saturated rings. The minimum atomic E-state index is -3.40. The van der Waals surface area contributed by atoms with Crippen LogP contribution in [0.4, 0.5) is 0 Å². The summed E-state index contributed by atoms with van der Waals surface area (Å²) in [6, 6.07) is 11.9. The second-order valence-electron chi connectivity index (χ2n) is 9.70. The minimum Gasteiger partial charge on any atom is -0.508 e. The number of sulfonamides is 1. The summed E-state index contributed by atoms with van der Waals surface area (Å²) in [4.78, 5) is 9.33. The molecule has 226 valence electrons. The van der Waals surface area contributed by atoms with Crippen LogP contribution in [0.5, 0.6) is 5.75 Å². The average molecular weight is 583 g/mol. The molecule has 40 heavy (non-hydrogen) atoms. The Morgan fingerprint density at radius 1 is 1.00 bits per heavy atom. The number of nitrogens with one attached hydrogen (secondary N) is 1. The van der Waals surface area contributed by atoms with E-state index in [1.54, 1.807) is 30.3 Å². The Bertz CT molecular complexity index is 1100. The van der Waals surface area contributed by atoms with Crippen molar-refractivity contribution < 1.29 is 38.4 Å². The van der Waals surface area contributed by atoms with Gasteiger partial charge in [0.2, 0.25) is 10.0 Å². The van der Waals surface area contributed by atoms with Gasteiger partial charge >= 0.3 is 0 Å². The van der Waals surface area contributed by atoms with E-state index in [1.165, 1.54) is 24.5 Å². The Labute approximate surface area is 238 Å². The molecular formula is C29H46N2O8S. The van der Waals surface area contributed by atoms with E-state index in [2.05, 4.69) is 5.32 Å². The van der Waals surface area contributed by atoms with E-state index in [-0.39, 0.29) is 12.4 Å². The monoisotopic (exact) mass is 582 g/mol. The quantitative estimate of drug-likeness (QED) is 0.166. The maximum absolute atomic E-state index is 12.2. The number of unbranched alkanes of at least 4 members (excludes halogenated alkanes) is 4. The number of hydrogen-bond acceptors (Lipinski definition) is 8. The number of benzene rings is 2. The SMILES string of the molecule is CC(=O)O.CN(C)S(=O)(=O)c1cccc(CCCCOCCCCCCNC[C@H](O)c2ccc(O)c(CO)c2)c1. The highest BCUT2D eigenvalue weighted by Crippen LogP contribution is 2.22. The lowest BCUT2D eigenvalue weighted by molar-refractivity contribution is -0.134. The number of carboxylic acid groups (broad SMARTS) is 1. The van der Waals surface area contributed by atoms with Crippen LogP contribution in [-0.4, -0.2) is 79.5 Å². The maximum Gasteiger partial charge on any atom is 0.300 e. The van der Waals surface area contributed by atoms with E-state index in [4.69, 9.17) is 14.6 Å². The Morgan fingerprint density at radius 3 is 2.30 bits per heavy atom. The number of aryl methyl sites for hydroxylation is 1. The fraction of sp³-hybridized carbons (Fsp3) is 0.552. The van der Waals surface area contributed by atoms with Crippen molar-refractivity contribution in [3.8, 4) is 5.75 Å². The molecule has 0 spiro atoms. The van der Waals surface area contributed by atoms with Crippen LogP contribution in [0.3, 0.4) is 0 Å². The van der Waals surface area contributed by atoms with Gasteiger partial charge in [-0.05, 0) is 74.0 Å². The number of aliphatic hydroxyl groups excluding tert-OH is 2. The molecular weight excluding hydrogens is 536 g/mol. The van der Waals surface area contributed by atoms with Crippen LogP contribution in [0.1, 0.15) is 68.2 Å². The first kappa shape index (κ1) is 35.5. The van der Waals surface area contributed by atoms with Crippen molar-refractivity contribution in [3.63, 3.8) is 0 Å². The van der Waals surface area contributed by atoms with E-state index >= 15 is 0 Å². The van der Waals surface area contributed by atoms with Crippen LogP contribution in [0.2, 0.25) is 0 Å². The van der Waals surface area contributed by atoms with Crippen molar-refractivity contribution in [2.75, 3.05) is 40.4 Å². The molecule has 0 amide bonds. The summed E-state index contributed by atoms with van der Waals surface area (Å²) < 4.78 is 31.5. The predicted octanol–water partition coefficient (Wildman–Crippen LogP) is 3.45. The second-order valence-corrected chi connectivity index (χ2v) is 11.9. The average Bonchev–Trinajstić information content (AvgIpc) is 2.91. The summed E-state index contributed by atoms with van der Waals surface area (Å²) in [5, 5.41) is 39.7. The molecule has 2 rings (SSSR count). The zero-order chi connectivity index (χ0) is 30.0. The summed E-state index contributed by atoms with van der Waals surface area (Å²) >= 11 is 0. The standard InChI is InChI=1S/C27H42N2O6S.C2H4O2/c1-29(2)36(33,34)25-12-9-11-22(18-25)10-5-8-17-35-16-7-4-3-6-15-28-20-27(32)23-13-14-26(31)24(19-23)21-30;1-2(3)4/h9,11-14,18-19,27-28,30-32H,3-8,10,15-17,20-21H2,1-2H3;1H3,(H,3,4)/t27-;/m0./s1. The second kappa shape index (κ2) is 19.5. The Kier molecular flexibility index (Phi) is 17.3. The first-order valence-electron chi connectivity index (χ1n) is 13.6. The lowest BCUT2D eigenvalue weighted by atomic mass is 10.1. The normalized spacial score (nSPS) is 12.2. The van der Waals surface area contributed by atoms with E-state index in [0.29, 0.717) is 29.2 Å². The predicted molar refractivity (Wildman–Crippen MR) is 155 cm³/mol. The van der Waals surface area contributed by atoms with Gasteiger partial charge in [-0.15, -0.1) is 0 Å². The van der Waals surface area contributed by atoms with Crippen molar-refractivity contribution in [1.29, 1.82) is 0 Å². The number of ether oxygens (including phenoxy) is 1. The van der Waals surface area contributed by atoms with E-state index in [1.807, 2.05) is 6.07 Å². The zero-order valence-electron chi connectivity index (χ0n) is 23.9. The maximum atomic E-state index is 12.2. The Balaban J connectivity index is 0.00000187. The van der Waals surface area contributed by atoms with Crippen LogP contribution >= 0.6 is 0 Å². The molecule has 0 aliphatic rings. The molecule has 0 saturated heterocycles. The number of phenols is 1. The molecule has 0 aromatic heterocycles. The summed E-state index contributed by atoms with van der Waals surface area (Å²) in [6.45, 7) is 3.53. The summed E-state index contributed by atoms with van der Waals surface area (Å²) in [7, 11) is -0.317. The molecule has 11 heteroatoms. The van der Waals surface area contributed by atoms with Gasteiger partial charge in [0.1, 0.15) is 5.75 Å². The lowest BCUT2D eigenvalue weighted by Crippen LogP contribution is -2.22. The fourth-order valence-electron chi connectivity index (χ4n) is 3.81. The van der Waals surface area contributed by atoms with Crippen LogP contribution in [-0.2, 0) is 32.6 Å². The third-order valence-electron chi connectivity index (χ3n) is 6.07. The van der Waals surface area contributed by atoms with Crippen LogP contribution in [0, 0.1) is 0 Å². The third-order valence-corrected chi connectivity index (χ3v) is 7.88. The van der Waals surface area contributed by atoms with Gasteiger partial charge in [-0.25, -0.2) is 12.7 Å². The highest BCUT2D eigenvalue weighted by molar-refractivity contribution is 7.89. The molecule has 0 aliphatic heterocycles. The Morgan fingerprint density at radius 2 is 1.65 bits per heavy atom. The van der Waals surface area contributed by atoms with Crippen LogP contribution in [0.25, 0.3) is 0 Å². The van der Waals surface area contributed by atoms with Gasteiger partial charge in [0, 0.05) is 46.3 Å². The molecule has 2 aromatic rings. The zero-order valence-corrected chi connectivity index (χ0v) is 24.7. The lowest BCUT2D eigenvalue weighted by Gasteiger charge is -2.14. The number of rotatable bonds is 18. The van der Waals surface area contributed by atoms with Gasteiger partial charge < -0.3 is 30.5 Å². The topological polar surface area (TPSA) is 157 Å². The van der Waals surface area contributed by atoms with Crippen molar-refractivity contribution >= 4 is 16.0 Å². The Hall–Kier alpha value is -2.54. The third kappa shape index (κ3) is 14.2. The first-order chi connectivity index (χ1) is 19.0. The number of aliphatic carboxylic acids is 1. The van der Waals surface area contributed by atoms with Gasteiger partial charge in [-0.3, -0.25) is 4.79 Å². The number of hydrogen-bond donors (Lipinski definition) is 5. The van der Waals surface area contributed by atoms with Gasteiger partial charge in [0.05, 0.1) is 17.6 Å². The molecule has 1 atom stereocenters. The van der Waals surface area contributed by atoms with Crippen molar-refractivity contribution in [2.45, 2.75) is 69.5 Å². The number of aromatic hydroxyl groups is 1. The highest BCUT2D eigenvalue weighted by atomic mass is 32.2. The van der Waals surface area contributed by atoms with Crippen LogP contribution < -0.4 is 5.32 Å². The number of carboxylic acids is 1. The van der Waals surface area contributed by atoms with Crippen molar-refractivity contribution in [2.24, 2.45) is 0 Å². The van der Waals surface area contributed by atoms with E-state index in [9.17, 15) is 23.7 Å². The highest BCUT2D eigenvalue weighted by Gasteiger charge is 2.17. The molecule has 0 saturated carbocycles. The first-order valence-corrected chi connectivity index (χ1v) is 15.0. The smallest absolute Gasteiger partial charge is 0.300 e. The van der Waals surface area contributed by atoms with Gasteiger partial charge in [-0.2, -0.15) is 0 Å². The molecule has 0 radical (unpaired) electrons. The largest absolute Gasteiger partial charge is 0.508 e. The fourth-order valence-corrected chi connectivity index (χ4v) is 4.78. The molecule has 0 bridgehead atoms. The summed E-state index contributed by atoms with van der Waals surface area (Å²) in [5.74, 6) is -0.800. The van der Waals surface area contributed by atoms with Gasteiger partial charge in [0.15, 0.2) is 0 Å². The number of carbonyl (C=O) groups is 1. The van der Waals surface area contributed by atoms with E-state index in [0.717, 1.165) is 70.6 Å². The minimum absolute atomic E-state index is 0.0337. The molecule has 10 nitrogen and oxygen atoms in total. The molecule has 5 N–H and O–H groups in total. The van der Waals surface area contributed by atoms with Gasteiger partial charge in [-0.1, -0.05) is 31.0 Å². The molecule has 0 heterocycles. The molecule has 2 aromatic carbocycles. The van der Waals surface area contributed by atoms with Crippen LogP contribution in [0.15, 0.2) is 47.4 Å². The van der Waals surface area contributed by atoms with Crippen molar-refractivity contribution in [3.05, 3.63) is 59.2 Å². The van der Waals surface area contributed by atoms with Crippen molar-refractivity contribution in [1.82, 2.24) is 9.62 Å².